The van der Waals surface area contributed by atoms with Gasteiger partial charge in [0, 0.05) is 31.2 Å². The van der Waals surface area contributed by atoms with E-state index in [1.165, 1.54) is 0 Å². The van der Waals surface area contributed by atoms with Crippen molar-refractivity contribution >= 4 is 11.8 Å². The predicted molar refractivity (Wildman–Crippen MR) is 134 cm³/mol. The Morgan fingerprint density at radius 2 is 1.63 bits per heavy atom. The summed E-state index contributed by atoms with van der Waals surface area (Å²) in [4.78, 5) is 14.6. The highest BCUT2D eigenvalue weighted by atomic mass is 16.5. The highest BCUT2D eigenvalue weighted by Gasteiger charge is 2.29. The van der Waals surface area contributed by atoms with Gasteiger partial charge in [0.2, 0.25) is 0 Å². The maximum atomic E-state index is 12.4. The van der Waals surface area contributed by atoms with E-state index >= 15 is 0 Å². The summed E-state index contributed by atoms with van der Waals surface area (Å²) in [7, 11) is 0. The van der Waals surface area contributed by atoms with Crippen molar-refractivity contribution in [2.75, 3.05) is 44.4 Å². The number of hydrogen-bond acceptors (Lipinski definition) is 6. The molecule has 2 aliphatic rings. The number of hydrogen-bond donors (Lipinski definition) is 3. The molecule has 1 aliphatic heterocycles. The van der Waals surface area contributed by atoms with E-state index in [4.69, 9.17) is 9.47 Å². The molecule has 1 amide bonds. The Labute approximate surface area is 204 Å². The summed E-state index contributed by atoms with van der Waals surface area (Å²) in [6, 6.07) is 23.8. The first-order chi connectivity index (χ1) is 17.1. The Balaban J connectivity index is 1.15. The van der Waals surface area contributed by atoms with Crippen molar-refractivity contribution in [3.8, 4) is 11.1 Å². The number of aliphatic hydroxyl groups is 2. The molecule has 182 valence electrons. The number of carbonyl (C=O) groups is 1. The van der Waals surface area contributed by atoms with Gasteiger partial charge in [-0.3, -0.25) is 0 Å². The summed E-state index contributed by atoms with van der Waals surface area (Å²) >= 11 is 0. The van der Waals surface area contributed by atoms with Crippen LogP contribution in [0.3, 0.4) is 0 Å². The molecule has 7 nitrogen and oxygen atoms in total. The average molecular weight is 475 g/mol. The van der Waals surface area contributed by atoms with E-state index in [1.807, 2.05) is 42.5 Å². The van der Waals surface area contributed by atoms with Gasteiger partial charge in [0.1, 0.15) is 18.8 Å². The molecule has 5 rings (SSSR count). The van der Waals surface area contributed by atoms with Crippen LogP contribution in [0.5, 0.6) is 0 Å². The van der Waals surface area contributed by atoms with Crippen molar-refractivity contribution in [2.24, 2.45) is 0 Å². The summed E-state index contributed by atoms with van der Waals surface area (Å²) < 4.78 is 10.9. The van der Waals surface area contributed by atoms with E-state index < -0.39 is 18.3 Å². The Morgan fingerprint density at radius 3 is 2.31 bits per heavy atom. The van der Waals surface area contributed by atoms with Gasteiger partial charge < -0.3 is 29.9 Å². The topological polar surface area (TPSA) is 91.3 Å². The van der Waals surface area contributed by atoms with Gasteiger partial charge in [0.25, 0.3) is 0 Å². The van der Waals surface area contributed by atoms with E-state index in [1.54, 1.807) is 6.07 Å². The Hall–Kier alpha value is -3.39. The van der Waals surface area contributed by atoms with Crippen molar-refractivity contribution in [3.63, 3.8) is 0 Å². The van der Waals surface area contributed by atoms with Gasteiger partial charge >= 0.3 is 6.09 Å². The maximum absolute atomic E-state index is 12.4. The summed E-state index contributed by atoms with van der Waals surface area (Å²) in [5.74, 6) is -0.0356. The Kier molecular flexibility index (Phi) is 6.99. The molecule has 0 saturated carbocycles. The lowest BCUT2D eigenvalue weighted by atomic mass is 9.98. The van der Waals surface area contributed by atoms with E-state index in [9.17, 15) is 15.0 Å². The number of amides is 1. The Bertz CT molecular complexity index is 1130. The lowest BCUT2D eigenvalue weighted by molar-refractivity contribution is 0.0185. The molecule has 0 spiro atoms. The van der Waals surface area contributed by atoms with Gasteiger partial charge in [-0.15, -0.1) is 0 Å². The van der Waals surface area contributed by atoms with E-state index in [0.717, 1.165) is 41.0 Å². The third kappa shape index (κ3) is 5.03. The molecule has 35 heavy (non-hydrogen) atoms. The second-order valence-corrected chi connectivity index (χ2v) is 8.91. The molecule has 2 atom stereocenters. The largest absolute Gasteiger partial charge is 0.449 e. The summed E-state index contributed by atoms with van der Waals surface area (Å²) in [5.41, 5.74) is 6.16. The standard InChI is InChI=1S/C28H30N2O5/c31-26(27(32)19-6-5-7-20(16-19)30-12-14-34-15-13-30)17-29-28(33)35-18-25-23-10-3-1-8-21(23)22-9-2-4-11-24(22)25/h1-11,16,25-27,31-32H,12-15,17-18H2,(H,29,33). The second-order valence-electron chi connectivity index (χ2n) is 8.91. The van der Waals surface area contributed by atoms with Crippen LogP contribution < -0.4 is 10.2 Å². The fraction of sp³-hybridized carbons (Fsp3) is 0.321. The zero-order valence-electron chi connectivity index (χ0n) is 19.5. The van der Waals surface area contributed by atoms with Gasteiger partial charge in [-0.2, -0.15) is 0 Å². The molecule has 3 aromatic rings. The van der Waals surface area contributed by atoms with Crippen LogP contribution in [0.1, 0.15) is 28.7 Å². The number of nitrogens with one attached hydrogen (secondary N) is 1. The van der Waals surface area contributed by atoms with Gasteiger partial charge in [-0.05, 0) is 39.9 Å². The van der Waals surface area contributed by atoms with Crippen LogP contribution in [0.25, 0.3) is 11.1 Å². The van der Waals surface area contributed by atoms with Crippen LogP contribution in [0.2, 0.25) is 0 Å². The van der Waals surface area contributed by atoms with E-state index in [-0.39, 0.29) is 19.1 Å². The zero-order valence-corrected chi connectivity index (χ0v) is 19.5. The zero-order chi connectivity index (χ0) is 24.2. The molecule has 1 aliphatic carbocycles. The van der Waals surface area contributed by atoms with Gasteiger partial charge in [0.15, 0.2) is 0 Å². The van der Waals surface area contributed by atoms with Crippen molar-refractivity contribution in [3.05, 3.63) is 89.5 Å². The van der Waals surface area contributed by atoms with Crippen LogP contribution in [0.4, 0.5) is 10.5 Å². The number of carbonyl (C=O) groups excluding carboxylic acids is 1. The number of alkyl carbamates (subject to hydrolysis) is 1. The summed E-state index contributed by atoms with van der Waals surface area (Å²) in [6.07, 6.45) is -2.93. The number of ether oxygens (including phenoxy) is 2. The number of rotatable bonds is 7. The van der Waals surface area contributed by atoms with Crippen LogP contribution in [0.15, 0.2) is 72.8 Å². The Morgan fingerprint density at radius 1 is 0.971 bits per heavy atom. The summed E-state index contributed by atoms with van der Waals surface area (Å²) in [5, 5.41) is 23.8. The SMILES string of the molecule is O=C(NCC(O)C(O)c1cccc(N2CCOCC2)c1)OCC1c2ccccc2-c2ccccc21. The first-order valence-corrected chi connectivity index (χ1v) is 12.0. The van der Waals surface area contributed by atoms with E-state index in [2.05, 4.69) is 34.5 Å². The molecule has 3 N–H and O–H groups in total. The van der Waals surface area contributed by atoms with Crippen molar-refractivity contribution < 1.29 is 24.5 Å². The number of aliphatic hydroxyl groups excluding tert-OH is 2. The molecule has 7 heteroatoms. The lowest BCUT2D eigenvalue weighted by Crippen LogP contribution is -2.37. The van der Waals surface area contributed by atoms with Gasteiger partial charge in [-0.1, -0.05) is 60.7 Å². The molecular formula is C28H30N2O5. The van der Waals surface area contributed by atoms with Crippen molar-refractivity contribution in [2.45, 2.75) is 18.1 Å². The van der Waals surface area contributed by atoms with Gasteiger partial charge in [-0.25, -0.2) is 4.79 Å². The monoisotopic (exact) mass is 474 g/mol. The van der Waals surface area contributed by atoms with Crippen LogP contribution in [-0.2, 0) is 9.47 Å². The first kappa shape index (κ1) is 23.4. The fourth-order valence-corrected chi connectivity index (χ4v) is 4.90. The highest BCUT2D eigenvalue weighted by molar-refractivity contribution is 5.79. The maximum Gasteiger partial charge on any atom is 0.407 e. The molecule has 0 aromatic heterocycles. The molecule has 1 fully saturated rings. The number of morpholine rings is 1. The highest BCUT2D eigenvalue weighted by Crippen LogP contribution is 2.44. The minimum atomic E-state index is -1.17. The average Bonchev–Trinajstić information content (AvgIpc) is 3.24. The number of fused-ring (bicyclic) bond motifs is 3. The molecule has 1 heterocycles. The molecule has 1 saturated heterocycles. The van der Waals surface area contributed by atoms with Crippen molar-refractivity contribution in [1.29, 1.82) is 0 Å². The van der Waals surface area contributed by atoms with Gasteiger partial charge in [0.05, 0.1) is 13.2 Å². The molecular weight excluding hydrogens is 444 g/mol. The third-order valence-electron chi connectivity index (χ3n) is 6.75. The molecule has 0 radical (unpaired) electrons. The first-order valence-electron chi connectivity index (χ1n) is 12.0. The van der Waals surface area contributed by atoms with Crippen LogP contribution in [0, 0.1) is 0 Å². The fourth-order valence-electron chi connectivity index (χ4n) is 4.90. The molecule has 2 unspecified atom stereocenters. The predicted octanol–water partition coefficient (Wildman–Crippen LogP) is 3.46. The van der Waals surface area contributed by atoms with Crippen LogP contribution in [-0.4, -0.2) is 61.9 Å². The van der Waals surface area contributed by atoms with E-state index in [0.29, 0.717) is 18.8 Å². The quantitative estimate of drug-likeness (QED) is 0.486. The van der Waals surface area contributed by atoms with Crippen LogP contribution >= 0.6 is 0 Å². The number of anilines is 1. The van der Waals surface area contributed by atoms with Crippen molar-refractivity contribution in [1.82, 2.24) is 5.32 Å². The minimum absolute atomic E-state index is 0.0356. The summed E-state index contributed by atoms with van der Waals surface area (Å²) in [6.45, 7) is 2.97. The number of benzene rings is 3. The minimum Gasteiger partial charge on any atom is -0.449 e. The normalized spacial score (nSPS) is 16.8. The molecule has 3 aromatic carbocycles. The second kappa shape index (κ2) is 10.5. The smallest absolute Gasteiger partial charge is 0.407 e. The number of nitrogens with zero attached hydrogens (tertiary/aromatic N) is 1. The third-order valence-corrected chi connectivity index (χ3v) is 6.75. The lowest BCUT2D eigenvalue weighted by Gasteiger charge is -2.29. The molecule has 0 bridgehead atoms.